The Morgan fingerprint density at radius 2 is 2.05 bits per heavy atom. The standard InChI is InChI=1S/C13H20BrN3O2S.ClH/c1-17(2)10-5-6-11(14)13(7-10)20(18,19)16-12(8-15)9-3-4-9;/h5-7,9,12,16H,3-4,8,15H2,1-2H3;1H. The Balaban J connectivity index is 0.00000220. The Kier molecular flexibility index (Phi) is 6.49. The van der Waals surface area contributed by atoms with E-state index in [2.05, 4.69) is 20.7 Å². The van der Waals surface area contributed by atoms with Gasteiger partial charge in [0.1, 0.15) is 0 Å². The van der Waals surface area contributed by atoms with Gasteiger partial charge in [-0.25, -0.2) is 13.1 Å². The predicted molar refractivity (Wildman–Crippen MR) is 91.6 cm³/mol. The predicted octanol–water partition coefficient (Wildman–Crippen LogP) is 1.95. The largest absolute Gasteiger partial charge is 0.378 e. The summed E-state index contributed by atoms with van der Waals surface area (Å²) in [5, 5.41) is 0. The first-order valence-corrected chi connectivity index (χ1v) is 8.82. The Hall–Kier alpha value is -0.340. The van der Waals surface area contributed by atoms with Gasteiger partial charge in [-0.15, -0.1) is 12.4 Å². The highest BCUT2D eigenvalue weighted by atomic mass is 79.9. The van der Waals surface area contributed by atoms with Crippen LogP contribution in [0.2, 0.25) is 0 Å². The third-order valence-electron chi connectivity index (χ3n) is 3.47. The van der Waals surface area contributed by atoms with E-state index in [-0.39, 0.29) is 23.3 Å². The second-order valence-electron chi connectivity index (χ2n) is 5.31. The van der Waals surface area contributed by atoms with Crippen molar-refractivity contribution < 1.29 is 8.42 Å². The molecule has 2 rings (SSSR count). The highest BCUT2D eigenvalue weighted by Gasteiger charge is 2.34. The van der Waals surface area contributed by atoms with Gasteiger partial charge >= 0.3 is 0 Å². The monoisotopic (exact) mass is 397 g/mol. The molecular formula is C13H21BrClN3O2S. The van der Waals surface area contributed by atoms with Crippen LogP contribution in [0.25, 0.3) is 0 Å². The van der Waals surface area contributed by atoms with Gasteiger partial charge in [-0.05, 0) is 52.9 Å². The van der Waals surface area contributed by atoms with Crippen LogP contribution in [0.15, 0.2) is 27.6 Å². The number of nitrogens with one attached hydrogen (secondary N) is 1. The van der Waals surface area contributed by atoms with Gasteiger partial charge in [-0.3, -0.25) is 0 Å². The minimum atomic E-state index is -3.57. The Morgan fingerprint density at radius 3 is 2.52 bits per heavy atom. The van der Waals surface area contributed by atoms with Gasteiger partial charge in [0.2, 0.25) is 10.0 Å². The van der Waals surface area contributed by atoms with Crippen LogP contribution in [-0.4, -0.2) is 35.1 Å². The van der Waals surface area contributed by atoms with Crippen molar-refractivity contribution in [3.05, 3.63) is 22.7 Å². The first-order valence-electron chi connectivity index (χ1n) is 6.54. The van der Waals surface area contributed by atoms with Crippen LogP contribution in [0.5, 0.6) is 0 Å². The van der Waals surface area contributed by atoms with E-state index in [1.54, 1.807) is 12.1 Å². The molecule has 3 N–H and O–H groups in total. The summed E-state index contributed by atoms with van der Waals surface area (Å²) < 4.78 is 28.3. The summed E-state index contributed by atoms with van der Waals surface area (Å²) in [4.78, 5) is 2.12. The molecule has 0 amide bonds. The van der Waals surface area contributed by atoms with Crippen LogP contribution in [0, 0.1) is 5.92 Å². The normalized spacial score (nSPS) is 16.2. The van der Waals surface area contributed by atoms with Crippen LogP contribution in [0.4, 0.5) is 5.69 Å². The second-order valence-corrected chi connectivity index (χ2v) is 7.85. The second kappa shape index (κ2) is 7.28. The number of nitrogens with zero attached hydrogens (tertiary/aromatic N) is 1. The highest BCUT2D eigenvalue weighted by Crippen LogP contribution is 2.34. The molecule has 0 bridgehead atoms. The quantitative estimate of drug-likeness (QED) is 0.768. The van der Waals surface area contributed by atoms with Gasteiger partial charge in [0, 0.05) is 36.8 Å². The molecule has 1 aliphatic carbocycles. The van der Waals surface area contributed by atoms with Crippen molar-refractivity contribution in [1.29, 1.82) is 0 Å². The zero-order chi connectivity index (χ0) is 14.9. The summed E-state index contributed by atoms with van der Waals surface area (Å²) in [5.74, 6) is 0.380. The van der Waals surface area contributed by atoms with Crippen molar-refractivity contribution >= 4 is 44.0 Å². The third-order valence-corrected chi connectivity index (χ3v) is 5.96. The van der Waals surface area contributed by atoms with Gasteiger partial charge < -0.3 is 10.6 Å². The van der Waals surface area contributed by atoms with Gasteiger partial charge in [0.05, 0.1) is 4.90 Å². The number of benzene rings is 1. The molecule has 0 spiro atoms. The summed E-state index contributed by atoms with van der Waals surface area (Å²) in [6.07, 6.45) is 2.09. The molecule has 0 saturated heterocycles. The average Bonchev–Trinajstić information content (AvgIpc) is 3.20. The highest BCUT2D eigenvalue weighted by molar-refractivity contribution is 9.10. The van der Waals surface area contributed by atoms with Crippen molar-refractivity contribution in [1.82, 2.24) is 4.72 Å². The van der Waals surface area contributed by atoms with E-state index in [0.717, 1.165) is 18.5 Å². The molecule has 0 heterocycles. The lowest BCUT2D eigenvalue weighted by atomic mass is 10.2. The Bertz CT molecular complexity index is 591. The molecule has 0 aromatic heterocycles. The molecule has 1 unspecified atom stereocenters. The summed E-state index contributed by atoms with van der Waals surface area (Å²) in [6.45, 7) is 0.328. The smallest absolute Gasteiger partial charge is 0.242 e. The van der Waals surface area contributed by atoms with Crippen molar-refractivity contribution in [3.63, 3.8) is 0 Å². The van der Waals surface area contributed by atoms with Gasteiger partial charge in [-0.1, -0.05) is 0 Å². The topological polar surface area (TPSA) is 75.4 Å². The molecule has 0 radical (unpaired) electrons. The average molecular weight is 399 g/mol. The molecule has 1 atom stereocenters. The number of sulfonamides is 1. The molecule has 1 aromatic rings. The molecule has 1 aromatic carbocycles. The number of nitrogens with two attached hydrogens (primary N) is 1. The van der Waals surface area contributed by atoms with Crippen molar-refractivity contribution in [3.8, 4) is 0 Å². The summed E-state index contributed by atoms with van der Waals surface area (Å²) in [7, 11) is 0.183. The fourth-order valence-corrected chi connectivity index (χ4v) is 4.38. The van der Waals surface area contributed by atoms with E-state index in [1.165, 1.54) is 0 Å². The molecule has 1 saturated carbocycles. The summed E-state index contributed by atoms with van der Waals surface area (Å²) in [6, 6.07) is 5.10. The van der Waals surface area contributed by atoms with Crippen molar-refractivity contribution in [2.24, 2.45) is 11.7 Å². The fourth-order valence-electron chi connectivity index (χ4n) is 2.07. The molecular weight excluding hydrogens is 378 g/mol. The van der Waals surface area contributed by atoms with Crippen molar-refractivity contribution in [2.45, 2.75) is 23.8 Å². The lowest BCUT2D eigenvalue weighted by Gasteiger charge is -2.19. The number of hydrogen-bond donors (Lipinski definition) is 2. The van der Waals surface area contributed by atoms with E-state index < -0.39 is 10.0 Å². The van der Waals surface area contributed by atoms with E-state index >= 15 is 0 Å². The van der Waals surface area contributed by atoms with Crippen molar-refractivity contribution in [2.75, 3.05) is 25.5 Å². The minimum Gasteiger partial charge on any atom is -0.378 e. The maximum absolute atomic E-state index is 12.5. The molecule has 1 fully saturated rings. The number of halogens is 2. The van der Waals surface area contributed by atoms with E-state index in [4.69, 9.17) is 5.73 Å². The van der Waals surface area contributed by atoms with Crippen LogP contribution < -0.4 is 15.4 Å². The zero-order valence-electron chi connectivity index (χ0n) is 12.0. The SMILES string of the molecule is CN(C)c1ccc(Br)c(S(=O)(=O)NC(CN)C2CC2)c1.Cl. The molecule has 0 aliphatic heterocycles. The third kappa shape index (κ3) is 4.56. The lowest BCUT2D eigenvalue weighted by Crippen LogP contribution is -2.41. The Morgan fingerprint density at radius 1 is 1.43 bits per heavy atom. The lowest BCUT2D eigenvalue weighted by molar-refractivity contribution is 0.519. The van der Waals surface area contributed by atoms with Crippen LogP contribution >= 0.6 is 28.3 Å². The molecule has 5 nitrogen and oxygen atoms in total. The zero-order valence-corrected chi connectivity index (χ0v) is 15.3. The Labute approximate surface area is 140 Å². The molecule has 120 valence electrons. The van der Waals surface area contributed by atoms with E-state index in [1.807, 2.05) is 25.1 Å². The van der Waals surface area contributed by atoms with E-state index in [0.29, 0.717) is 16.9 Å². The van der Waals surface area contributed by atoms with Crippen LogP contribution in [0.1, 0.15) is 12.8 Å². The summed E-state index contributed by atoms with van der Waals surface area (Å²) in [5.41, 5.74) is 6.51. The number of rotatable bonds is 6. The number of hydrogen-bond acceptors (Lipinski definition) is 4. The van der Waals surface area contributed by atoms with Crippen LogP contribution in [-0.2, 0) is 10.0 Å². The molecule has 21 heavy (non-hydrogen) atoms. The molecule has 1 aliphatic rings. The van der Waals surface area contributed by atoms with Crippen LogP contribution in [0.3, 0.4) is 0 Å². The number of anilines is 1. The van der Waals surface area contributed by atoms with Gasteiger partial charge in [-0.2, -0.15) is 0 Å². The van der Waals surface area contributed by atoms with Gasteiger partial charge in [0.25, 0.3) is 0 Å². The fraction of sp³-hybridized carbons (Fsp3) is 0.538. The van der Waals surface area contributed by atoms with E-state index in [9.17, 15) is 8.42 Å². The maximum atomic E-state index is 12.5. The maximum Gasteiger partial charge on any atom is 0.242 e. The summed E-state index contributed by atoms with van der Waals surface area (Å²) >= 11 is 3.31. The van der Waals surface area contributed by atoms with Gasteiger partial charge in [0.15, 0.2) is 0 Å². The minimum absolute atomic E-state index is 0. The molecule has 8 heteroatoms. The first kappa shape index (κ1) is 18.7. The first-order chi connectivity index (χ1) is 9.35.